The summed E-state index contributed by atoms with van der Waals surface area (Å²) >= 11 is 3.42. The van der Waals surface area contributed by atoms with Crippen LogP contribution in [-0.4, -0.2) is 51.0 Å². The number of nitrogens with zero attached hydrogens (tertiary/aromatic N) is 2. The van der Waals surface area contributed by atoms with Crippen LogP contribution < -0.4 is 9.62 Å². The molecule has 3 aromatic carbocycles. The van der Waals surface area contributed by atoms with Gasteiger partial charge in [0, 0.05) is 24.5 Å². The third-order valence-corrected chi connectivity index (χ3v) is 7.45. The van der Waals surface area contributed by atoms with Gasteiger partial charge in [-0.3, -0.25) is 13.9 Å². The van der Waals surface area contributed by atoms with E-state index in [9.17, 15) is 18.0 Å². The van der Waals surface area contributed by atoms with Crippen LogP contribution in [0.4, 0.5) is 5.69 Å². The molecule has 2 amide bonds. The van der Waals surface area contributed by atoms with Crippen LogP contribution >= 0.6 is 15.9 Å². The van der Waals surface area contributed by atoms with Gasteiger partial charge in [0.1, 0.15) is 12.6 Å². The number of likely N-dealkylation sites (N-methyl/N-ethyl adjacent to an activating group) is 1. The predicted octanol–water partition coefficient (Wildman–Crippen LogP) is 3.91. The van der Waals surface area contributed by atoms with Crippen molar-refractivity contribution >= 4 is 43.5 Å². The first-order valence-electron chi connectivity index (χ1n) is 11.4. The van der Waals surface area contributed by atoms with Gasteiger partial charge >= 0.3 is 0 Å². The first-order chi connectivity index (χ1) is 17.1. The number of carbonyl (C=O) groups is 2. The fourth-order valence-electron chi connectivity index (χ4n) is 3.83. The normalized spacial score (nSPS) is 12.0. The molecule has 0 saturated carbocycles. The second-order valence-electron chi connectivity index (χ2n) is 8.57. The zero-order chi connectivity index (χ0) is 26.3. The van der Waals surface area contributed by atoms with E-state index >= 15 is 0 Å². The lowest BCUT2D eigenvalue weighted by Gasteiger charge is -2.33. The molecule has 0 unspecified atom stereocenters. The van der Waals surface area contributed by atoms with Crippen LogP contribution in [0, 0.1) is 6.92 Å². The summed E-state index contributed by atoms with van der Waals surface area (Å²) in [6.07, 6.45) is 1.35. The summed E-state index contributed by atoms with van der Waals surface area (Å²) in [5, 5.41) is 2.66. The number of benzene rings is 3. The number of hydrogen-bond acceptors (Lipinski definition) is 4. The lowest BCUT2D eigenvalue weighted by Crippen LogP contribution is -2.52. The highest BCUT2D eigenvalue weighted by atomic mass is 79.9. The Morgan fingerprint density at radius 2 is 1.53 bits per heavy atom. The number of amides is 2. The second-order valence-corrected chi connectivity index (χ2v) is 11.4. The van der Waals surface area contributed by atoms with Gasteiger partial charge in [-0.1, -0.05) is 76.1 Å². The van der Waals surface area contributed by atoms with Gasteiger partial charge < -0.3 is 10.2 Å². The Labute approximate surface area is 221 Å². The number of rotatable bonds is 10. The number of nitrogens with one attached hydrogen (secondary N) is 1. The van der Waals surface area contributed by atoms with E-state index in [4.69, 9.17) is 0 Å². The maximum Gasteiger partial charge on any atom is 0.244 e. The molecule has 36 heavy (non-hydrogen) atoms. The number of carbonyl (C=O) groups excluding carboxylic acids is 2. The molecule has 7 nitrogen and oxygen atoms in total. The van der Waals surface area contributed by atoms with Crippen molar-refractivity contribution in [1.29, 1.82) is 0 Å². The topological polar surface area (TPSA) is 86.8 Å². The van der Waals surface area contributed by atoms with Gasteiger partial charge in [-0.25, -0.2) is 8.42 Å². The highest BCUT2D eigenvalue weighted by Gasteiger charge is 2.32. The van der Waals surface area contributed by atoms with Crippen LogP contribution in [0.2, 0.25) is 0 Å². The molecule has 3 aromatic rings. The van der Waals surface area contributed by atoms with E-state index in [0.29, 0.717) is 5.69 Å². The van der Waals surface area contributed by atoms with Gasteiger partial charge in [-0.05, 0) is 42.3 Å². The van der Waals surface area contributed by atoms with Crippen LogP contribution in [0.3, 0.4) is 0 Å². The fourth-order valence-corrected chi connectivity index (χ4v) is 4.95. The summed E-state index contributed by atoms with van der Waals surface area (Å²) in [6.45, 7) is 1.61. The van der Waals surface area contributed by atoms with Crippen molar-refractivity contribution in [3.63, 3.8) is 0 Å². The Morgan fingerprint density at radius 3 is 2.08 bits per heavy atom. The number of sulfonamides is 1. The maximum absolute atomic E-state index is 13.8. The third-order valence-electron chi connectivity index (χ3n) is 5.78. The van der Waals surface area contributed by atoms with Crippen molar-refractivity contribution in [3.05, 3.63) is 100 Å². The first-order valence-corrected chi connectivity index (χ1v) is 14.1. The van der Waals surface area contributed by atoms with Crippen molar-refractivity contribution in [2.75, 3.05) is 24.2 Å². The van der Waals surface area contributed by atoms with Crippen molar-refractivity contribution < 1.29 is 18.0 Å². The Morgan fingerprint density at radius 1 is 0.917 bits per heavy atom. The van der Waals surface area contributed by atoms with Crippen LogP contribution in [0.1, 0.15) is 16.7 Å². The molecule has 0 heterocycles. The molecule has 0 fully saturated rings. The highest BCUT2D eigenvalue weighted by molar-refractivity contribution is 9.10. The molecule has 0 spiro atoms. The van der Waals surface area contributed by atoms with E-state index in [-0.39, 0.29) is 18.9 Å². The largest absolute Gasteiger partial charge is 0.357 e. The number of hydrogen-bond donors (Lipinski definition) is 1. The Kier molecular flexibility index (Phi) is 9.28. The van der Waals surface area contributed by atoms with Crippen molar-refractivity contribution in [3.8, 4) is 0 Å². The lowest BCUT2D eigenvalue weighted by molar-refractivity contribution is -0.139. The zero-order valence-electron chi connectivity index (χ0n) is 20.5. The maximum atomic E-state index is 13.8. The lowest BCUT2D eigenvalue weighted by atomic mass is 10.0. The molecule has 0 radical (unpaired) electrons. The number of anilines is 1. The standard InChI is InChI=1S/C27H30BrN3O4S/c1-20-9-15-24(16-10-20)31(36(3,34)35)19-26(32)30(18-22-11-13-23(28)14-12-22)25(27(33)29-2)17-21-7-5-4-6-8-21/h4-16,25H,17-19H2,1-3H3,(H,29,33)/t25-/m1/s1. The van der Waals surface area contributed by atoms with Crippen molar-refractivity contribution in [2.45, 2.75) is 25.9 Å². The van der Waals surface area contributed by atoms with Gasteiger partial charge in [0.25, 0.3) is 0 Å². The third kappa shape index (κ3) is 7.41. The van der Waals surface area contributed by atoms with E-state index in [1.165, 1.54) is 11.9 Å². The second kappa shape index (κ2) is 12.2. The molecule has 0 aliphatic rings. The molecule has 0 bridgehead atoms. The van der Waals surface area contributed by atoms with E-state index in [2.05, 4.69) is 21.2 Å². The van der Waals surface area contributed by atoms with Gasteiger partial charge in [-0.15, -0.1) is 0 Å². The van der Waals surface area contributed by atoms with Crippen molar-refractivity contribution in [1.82, 2.24) is 10.2 Å². The summed E-state index contributed by atoms with van der Waals surface area (Å²) in [6, 6.07) is 23.0. The van der Waals surface area contributed by atoms with Crippen LogP contribution in [-0.2, 0) is 32.6 Å². The molecule has 190 valence electrons. The van der Waals surface area contributed by atoms with E-state index < -0.39 is 28.5 Å². The molecule has 9 heteroatoms. The number of aryl methyl sites for hydroxylation is 1. The summed E-state index contributed by atoms with van der Waals surface area (Å²) in [4.78, 5) is 28.3. The van der Waals surface area contributed by atoms with Gasteiger partial charge in [0.05, 0.1) is 11.9 Å². The quantitative estimate of drug-likeness (QED) is 0.399. The predicted molar refractivity (Wildman–Crippen MR) is 146 cm³/mol. The Bertz CT molecular complexity index is 1280. The van der Waals surface area contributed by atoms with Gasteiger partial charge in [0.2, 0.25) is 21.8 Å². The molecule has 3 rings (SSSR count). The Hall–Kier alpha value is -3.17. The summed E-state index contributed by atoms with van der Waals surface area (Å²) in [7, 11) is -2.24. The smallest absolute Gasteiger partial charge is 0.244 e. The number of halogens is 1. The molecule has 0 aromatic heterocycles. The molecular weight excluding hydrogens is 542 g/mol. The Balaban J connectivity index is 2.00. The zero-order valence-corrected chi connectivity index (χ0v) is 22.9. The monoisotopic (exact) mass is 571 g/mol. The SMILES string of the molecule is CNC(=O)[C@@H](Cc1ccccc1)N(Cc1ccc(Br)cc1)C(=O)CN(c1ccc(C)cc1)S(C)(=O)=O. The van der Waals surface area contributed by atoms with Crippen LogP contribution in [0.5, 0.6) is 0 Å². The molecule has 0 saturated heterocycles. The minimum Gasteiger partial charge on any atom is -0.357 e. The molecule has 1 N–H and O–H groups in total. The fraction of sp³-hybridized carbons (Fsp3) is 0.259. The molecule has 0 aliphatic carbocycles. The van der Waals surface area contributed by atoms with Crippen molar-refractivity contribution in [2.24, 2.45) is 0 Å². The summed E-state index contributed by atoms with van der Waals surface area (Å²) < 4.78 is 27.3. The average Bonchev–Trinajstić information content (AvgIpc) is 2.86. The average molecular weight is 573 g/mol. The molecular formula is C27H30BrN3O4S. The van der Waals surface area contributed by atoms with Crippen LogP contribution in [0.15, 0.2) is 83.3 Å². The molecule has 1 atom stereocenters. The van der Waals surface area contributed by atoms with Gasteiger partial charge in [-0.2, -0.15) is 0 Å². The summed E-state index contributed by atoms with van der Waals surface area (Å²) in [5.41, 5.74) is 3.06. The summed E-state index contributed by atoms with van der Waals surface area (Å²) in [5.74, 6) is -0.806. The van der Waals surface area contributed by atoms with Gasteiger partial charge in [0.15, 0.2) is 0 Å². The van der Waals surface area contributed by atoms with Crippen LogP contribution in [0.25, 0.3) is 0 Å². The first kappa shape index (κ1) is 27.4. The minimum atomic E-state index is -3.77. The van der Waals surface area contributed by atoms with E-state index in [0.717, 1.165) is 31.7 Å². The highest BCUT2D eigenvalue weighted by Crippen LogP contribution is 2.21. The minimum absolute atomic E-state index is 0.141. The van der Waals surface area contributed by atoms with E-state index in [1.807, 2.05) is 61.5 Å². The molecule has 0 aliphatic heterocycles. The van der Waals surface area contributed by atoms with E-state index in [1.54, 1.807) is 24.3 Å².